The molecule has 1 aromatic heterocycles. The van der Waals surface area contributed by atoms with Crippen molar-refractivity contribution in [2.45, 2.75) is 26.4 Å². The van der Waals surface area contributed by atoms with Crippen molar-refractivity contribution in [1.82, 2.24) is 4.98 Å². The third kappa shape index (κ3) is 4.60. The van der Waals surface area contributed by atoms with Crippen LogP contribution in [-0.4, -0.2) is 17.6 Å². The monoisotopic (exact) mass is 284 g/mol. The fourth-order valence-corrected chi connectivity index (χ4v) is 1.96. The van der Waals surface area contributed by atoms with Gasteiger partial charge in [-0.3, -0.25) is 9.88 Å². The Labute approximate surface area is 125 Å². The Morgan fingerprint density at radius 1 is 1.14 bits per heavy atom. The molecule has 0 aliphatic heterocycles. The van der Waals surface area contributed by atoms with E-state index in [4.69, 9.17) is 4.74 Å². The van der Waals surface area contributed by atoms with Crippen molar-refractivity contribution >= 4 is 11.8 Å². The lowest BCUT2D eigenvalue weighted by Gasteiger charge is -2.21. The van der Waals surface area contributed by atoms with Crippen LogP contribution in [-0.2, 0) is 11.3 Å². The summed E-state index contributed by atoms with van der Waals surface area (Å²) in [5.74, 6) is 0. The Bertz CT molecular complexity index is 543. The molecule has 0 fully saturated rings. The molecule has 1 amide bonds. The van der Waals surface area contributed by atoms with Gasteiger partial charge < -0.3 is 4.74 Å². The summed E-state index contributed by atoms with van der Waals surface area (Å²) in [6.45, 7) is 3.03. The second-order valence-corrected chi connectivity index (χ2v) is 4.75. The number of ether oxygens (including phenoxy) is 1. The molecule has 0 unspecified atom stereocenters. The minimum absolute atomic E-state index is 0.285. The van der Waals surface area contributed by atoms with Gasteiger partial charge in [-0.15, -0.1) is 0 Å². The van der Waals surface area contributed by atoms with Crippen molar-refractivity contribution < 1.29 is 9.53 Å². The molecule has 4 heteroatoms. The van der Waals surface area contributed by atoms with Crippen LogP contribution in [0.4, 0.5) is 10.5 Å². The average Bonchev–Trinajstić information content (AvgIpc) is 2.55. The zero-order chi connectivity index (χ0) is 14.9. The maximum absolute atomic E-state index is 12.3. The lowest BCUT2D eigenvalue weighted by atomic mass is 10.2. The first-order valence-electron chi connectivity index (χ1n) is 7.19. The number of anilines is 1. The van der Waals surface area contributed by atoms with Gasteiger partial charge in [0.1, 0.15) is 6.61 Å². The van der Waals surface area contributed by atoms with Gasteiger partial charge in [0.2, 0.25) is 0 Å². The summed E-state index contributed by atoms with van der Waals surface area (Å²) >= 11 is 0. The van der Waals surface area contributed by atoms with Gasteiger partial charge in [-0.05, 0) is 24.1 Å². The lowest BCUT2D eigenvalue weighted by molar-refractivity contribution is 0.147. The second-order valence-electron chi connectivity index (χ2n) is 4.75. The van der Waals surface area contributed by atoms with Crippen molar-refractivity contribution in [2.24, 2.45) is 0 Å². The molecular weight excluding hydrogens is 264 g/mol. The Morgan fingerprint density at radius 2 is 1.86 bits per heavy atom. The molecule has 0 saturated carbocycles. The number of rotatable bonds is 6. The van der Waals surface area contributed by atoms with Crippen molar-refractivity contribution in [1.29, 1.82) is 0 Å². The van der Waals surface area contributed by atoms with Crippen molar-refractivity contribution in [3.05, 3.63) is 60.4 Å². The Kier molecular flexibility index (Phi) is 5.76. The SMILES string of the molecule is CCCCN(C(=O)OCc1ccccc1)c1ccncc1. The van der Waals surface area contributed by atoms with Crippen LogP contribution < -0.4 is 4.90 Å². The lowest BCUT2D eigenvalue weighted by Crippen LogP contribution is -2.32. The van der Waals surface area contributed by atoms with E-state index in [1.165, 1.54) is 0 Å². The van der Waals surface area contributed by atoms with Crippen LogP contribution in [0.1, 0.15) is 25.3 Å². The summed E-state index contributed by atoms with van der Waals surface area (Å²) in [6.07, 6.45) is 4.99. The van der Waals surface area contributed by atoms with Gasteiger partial charge in [-0.25, -0.2) is 4.79 Å². The average molecular weight is 284 g/mol. The highest BCUT2D eigenvalue weighted by Crippen LogP contribution is 2.15. The second kappa shape index (κ2) is 8.04. The number of pyridine rings is 1. The van der Waals surface area contributed by atoms with E-state index in [1.54, 1.807) is 17.3 Å². The zero-order valence-corrected chi connectivity index (χ0v) is 12.2. The number of unbranched alkanes of at least 4 members (excludes halogenated alkanes) is 1. The number of carbonyl (C=O) groups is 1. The number of aromatic nitrogens is 1. The maximum atomic E-state index is 12.3. The topological polar surface area (TPSA) is 42.4 Å². The Hall–Kier alpha value is -2.36. The molecule has 0 spiro atoms. The number of carbonyl (C=O) groups excluding carboxylic acids is 1. The van der Waals surface area contributed by atoms with Crippen LogP contribution in [0.25, 0.3) is 0 Å². The van der Waals surface area contributed by atoms with Gasteiger partial charge in [0.15, 0.2) is 0 Å². The predicted molar refractivity (Wildman–Crippen MR) is 83.1 cm³/mol. The molecule has 0 bridgehead atoms. The number of benzene rings is 1. The minimum atomic E-state index is -0.321. The maximum Gasteiger partial charge on any atom is 0.414 e. The quantitative estimate of drug-likeness (QED) is 0.804. The molecule has 1 aromatic carbocycles. The van der Waals surface area contributed by atoms with Crippen molar-refractivity contribution in [3.63, 3.8) is 0 Å². The van der Waals surface area contributed by atoms with Crippen LogP contribution in [0.5, 0.6) is 0 Å². The molecule has 0 radical (unpaired) electrons. The molecule has 0 aliphatic rings. The van der Waals surface area contributed by atoms with E-state index in [1.807, 2.05) is 42.5 Å². The summed E-state index contributed by atoms with van der Waals surface area (Å²) < 4.78 is 5.41. The first kappa shape index (κ1) is 15.0. The van der Waals surface area contributed by atoms with E-state index < -0.39 is 0 Å². The molecule has 2 aromatic rings. The molecular formula is C17H20N2O2. The van der Waals surface area contributed by atoms with Crippen LogP contribution in [0, 0.1) is 0 Å². The standard InChI is InChI=1S/C17H20N2O2/c1-2-3-13-19(16-9-11-18-12-10-16)17(20)21-14-15-7-5-4-6-8-15/h4-12H,2-3,13-14H2,1H3. The highest BCUT2D eigenvalue weighted by Gasteiger charge is 2.16. The number of hydrogen-bond acceptors (Lipinski definition) is 3. The summed E-state index contributed by atoms with van der Waals surface area (Å²) in [7, 11) is 0. The predicted octanol–water partition coefficient (Wildman–Crippen LogP) is 4.02. The molecule has 0 saturated heterocycles. The molecule has 0 atom stereocenters. The van der Waals surface area contributed by atoms with E-state index in [0.717, 1.165) is 24.1 Å². The smallest absolute Gasteiger partial charge is 0.414 e. The van der Waals surface area contributed by atoms with Gasteiger partial charge in [0.25, 0.3) is 0 Å². The molecule has 4 nitrogen and oxygen atoms in total. The number of hydrogen-bond donors (Lipinski definition) is 0. The van der Waals surface area contributed by atoms with Gasteiger partial charge in [0, 0.05) is 18.9 Å². The van der Waals surface area contributed by atoms with Gasteiger partial charge in [-0.1, -0.05) is 43.7 Å². The summed E-state index contributed by atoms with van der Waals surface area (Å²) in [4.78, 5) is 17.9. The van der Waals surface area contributed by atoms with Gasteiger partial charge in [-0.2, -0.15) is 0 Å². The summed E-state index contributed by atoms with van der Waals surface area (Å²) in [5, 5.41) is 0. The largest absolute Gasteiger partial charge is 0.444 e. The highest BCUT2D eigenvalue weighted by atomic mass is 16.6. The molecule has 21 heavy (non-hydrogen) atoms. The van der Waals surface area contributed by atoms with Crippen LogP contribution >= 0.6 is 0 Å². The Balaban J connectivity index is 2.01. The third-order valence-corrected chi connectivity index (χ3v) is 3.14. The molecule has 1 heterocycles. The summed E-state index contributed by atoms with van der Waals surface area (Å²) in [6, 6.07) is 13.3. The zero-order valence-electron chi connectivity index (χ0n) is 12.2. The van der Waals surface area contributed by atoms with Crippen molar-refractivity contribution in [3.8, 4) is 0 Å². The summed E-state index contributed by atoms with van der Waals surface area (Å²) in [5.41, 5.74) is 1.80. The number of nitrogens with zero attached hydrogens (tertiary/aromatic N) is 2. The van der Waals surface area contributed by atoms with Crippen molar-refractivity contribution in [2.75, 3.05) is 11.4 Å². The highest BCUT2D eigenvalue weighted by molar-refractivity contribution is 5.87. The first-order valence-corrected chi connectivity index (χ1v) is 7.19. The number of amides is 1. The molecule has 110 valence electrons. The van der Waals surface area contributed by atoms with E-state index in [0.29, 0.717) is 6.54 Å². The van der Waals surface area contributed by atoms with Gasteiger partial charge in [0.05, 0.1) is 5.69 Å². The fourth-order valence-electron chi connectivity index (χ4n) is 1.96. The van der Waals surface area contributed by atoms with Crippen LogP contribution in [0.15, 0.2) is 54.9 Å². The molecule has 2 rings (SSSR count). The van der Waals surface area contributed by atoms with Crippen LogP contribution in [0.2, 0.25) is 0 Å². The van der Waals surface area contributed by atoms with Gasteiger partial charge >= 0.3 is 6.09 Å². The fraction of sp³-hybridized carbons (Fsp3) is 0.294. The van der Waals surface area contributed by atoms with E-state index >= 15 is 0 Å². The van der Waals surface area contributed by atoms with Crippen LogP contribution in [0.3, 0.4) is 0 Å². The molecule has 0 aliphatic carbocycles. The Morgan fingerprint density at radius 3 is 2.52 bits per heavy atom. The third-order valence-electron chi connectivity index (χ3n) is 3.14. The van der Waals surface area contributed by atoms with E-state index in [9.17, 15) is 4.79 Å². The molecule has 0 N–H and O–H groups in total. The first-order chi connectivity index (χ1) is 10.3. The van der Waals surface area contributed by atoms with E-state index in [2.05, 4.69) is 11.9 Å². The minimum Gasteiger partial charge on any atom is -0.444 e. The van der Waals surface area contributed by atoms with E-state index in [-0.39, 0.29) is 12.7 Å². The normalized spacial score (nSPS) is 10.1.